The smallest absolute Gasteiger partial charge is 0.416 e. The predicted octanol–water partition coefficient (Wildman–Crippen LogP) is 3.74. The first kappa shape index (κ1) is 31.5. The van der Waals surface area contributed by atoms with Gasteiger partial charge in [-0.15, -0.1) is 0 Å². The van der Waals surface area contributed by atoms with Crippen LogP contribution in [0.15, 0.2) is 65.6 Å². The van der Waals surface area contributed by atoms with Crippen LogP contribution in [0.2, 0.25) is 0 Å². The van der Waals surface area contributed by atoms with E-state index >= 15 is 0 Å². The molecule has 10 nitrogen and oxygen atoms in total. The molecule has 1 aliphatic heterocycles. The van der Waals surface area contributed by atoms with Crippen LogP contribution < -0.4 is 19.7 Å². The van der Waals surface area contributed by atoms with Crippen LogP contribution in [-0.2, 0) is 21.0 Å². The number of fused-ring (bicyclic) bond motifs is 1. The molecule has 3 aromatic carbocycles. The van der Waals surface area contributed by atoms with Crippen molar-refractivity contribution in [2.24, 2.45) is 0 Å². The Bertz CT molecular complexity index is 1640. The highest BCUT2D eigenvalue weighted by Gasteiger charge is 2.37. The largest absolute Gasteiger partial charge is 0.486 e. The van der Waals surface area contributed by atoms with Gasteiger partial charge in [-0.3, -0.25) is 4.31 Å². The number of benzene rings is 3. The van der Waals surface area contributed by atoms with Crippen LogP contribution >= 0.6 is 0 Å². The zero-order valence-corrected chi connectivity index (χ0v) is 22.8. The lowest BCUT2D eigenvalue weighted by Gasteiger charge is -2.36. The maximum absolute atomic E-state index is 14.5. The van der Waals surface area contributed by atoms with Crippen molar-refractivity contribution in [1.82, 2.24) is 10.6 Å². The van der Waals surface area contributed by atoms with Gasteiger partial charge in [0.05, 0.1) is 29.2 Å². The summed E-state index contributed by atoms with van der Waals surface area (Å²) in [6, 6.07) is 8.87. The normalized spacial score (nSPS) is 15.7. The Morgan fingerprint density at radius 1 is 1.05 bits per heavy atom. The number of nitrogens with zero attached hydrogens (tertiary/aromatic N) is 1. The number of aliphatic carboxylic acids is 1. The molecule has 0 aromatic heterocycles. The van der Waals surface area contributed by atoms with Crippen molar-refractivity contribution >= 4 is 27.7 Å². The molecule has 16 heteroatoms. The number of amides is 2. The fraction of sp³-hybridized carbons (Fsp3) is 0.259. The zero-order valence-electron chi connectivity index (χ0n) is 21.9. The van der Waals surface area contributed by atoms with E-state index in [0.29, 0.717) is 12.1 Å². The molecular formula is C27H24F5N3O7S. The molecule has 2 amide bonds. The van der Waals surface area contributed by atoms with Crippen molar-refractivity contribution in [2.45, 2.75) is 29.7 Å². The molecule has 4 rings (SSSR count). The molecular weight excluding hydrogens is 605 g/mol. The molecule has 1 unspecified atom stereocenters. The number of carbonyl (C=O) groups excluding carboxylic acids is 1. The van der Waals surface area contributed by atoms with Crippen LogP contribution in [-0.4, -0.2) is 62.5 Å². The van der Waals surface area contributed by atoms with E-state index in [9.17, 15) is 45.1 Å². The first-order valence-electron chi connectivity index (χ1n) is 12.6. The van der Waals surface area contributed by atoms with E-state index in [0.717, 1.165) is 34.6 Å². The first-order chi connectivity index (χ1) is 20.2. The van der Waals surface area contributed by atoms with Gasteiger partial charge in [-0.1, -0.05) is 12.1 Å². The predicted molar refractivity (Wildman–Crippen MR) is 142 cm³/mol. The van der Waals surface area contributed by atoms with Gasteiger partial charge in [0, 0.05) is 18.5 Å². The molecule has 1 aliphatic rings. The number of hydrogen-bond acceptors (Lipinski definition) is 6. The topological polar surface area (TPSA) is 145 Å². The Kier molecular flexibility index (Phi) is 9.10. The Morgan fingerprint density at radius 3 is 2.49 bits per heavy atom. The minimum Gasteiger partial charge on any atom is -0.486 e. The van der Waals surface area contributed by atoms with E-state index in [1.54, 1.807) is 0 Å². The molecule has 1 heterocycles. The van der Waals surface area contributed by atoms with Crippen molar-refractivity contribution in [3.8, 4) is 16.9 Å². The summed E-state index contributed by atoms with van der Waals surface area (Å²) in [6.07, 6.45) is -7.60. The van der Waals surface area contributed by atoms with Gasteiger partial charge in [-0.2, -0.15) is 13.2 Å². The molecule has 0 fully saturated rings. The van der Waals surface area contributed by atoms with E-state index < -0.39 is 75.6 Å². The number of carboxylic acid groups (broad SMARTS) is 1. The minimum absolute atomic E-state index is 0.0107. The van der Waals surface area contributed by atoms with Gasteiger partial charge in [0.15, 0.2) is 6.10 Å². The number of halogens is 5. The fourth-order valence-electron chi connectivity index (χ4n) is 4.22. The fourth-order valence-corrected chi connectivity index (χ4v) is 5.77. The molecule has 4 N–H and O–H groups in total. The first-order valence-corrected chi connectivity index (χ1v) is 14.0. The Morgan fingerprint density at radius 2 is 1.79 bits per heavy atom. The third-order valence-corrected chi connectivity index (χ3v) is 8.15. The number of ether oxygens (including phenoxy) is 1. The lowest BCUT2D eigenvalue weighted by Crippen LogP contribution is -2.46. The van der Waals surface area contributed by atoms with E-state index in [2.05, 4.69) is 10.6 Å². The van der Waals surface area contributed by atoms with E-state index in [1.807, 2.05) is 0 Å². The van der Waals surface area contributed by atoms with E-state index in [-0.39, 0.29) is 35.5 Å². The Labute approximate surface area is 241 Å². The van der Waals surface area contributed by atoms with Crippen molar-refractivity contribution in [2.75, 3.05) is 23.9 Å². The number of aliphatic hydroxyl groups is 1. The summed E-state index contributed by atoms with van der Waals surface area (Å²) in [5, 5.41) is 22.5. The maximum Gasteiger partial charge on any atom is 0.416 e. The summed E-state index contributed by atoms with van der Waals surface area (Å²) in [4.78, 5) is 21.9. The quantitative estimate of drug-likeness (QED) is 0.264. The van der Waals surface area contributed by atoms with Crippen LogP contribution in [0.4, 0.5) is 32.4 Å². The van der Waals surface area contributed by atoms with Gasteiger partial charge in [-0.05, 0) is 54.1 Å². The van der Waals surface area contributed by atoms with Gasteiger partial charge in [-0.25, -0.2) is 26.8 Å². The number of nitrogens with one attached hydrogen (secondary N) is 2. The van der Waals surface area contributed by atoms with Gasteiger partial charge >= 0.3 is 18.2 Å². The van der Waals surface area contributed by atoms with Gasteiger partial charge in [0.1, 0.15) is 23.5 Å². The summed E-state index contributed by atoms with van der Waals surface area (Å²) in [5.74, 6) is -3.13. The number of carboxylic acids is 1. The molecule has 0 bridgehead atoms. The average molecular weight is 630 g/mol. The Balaban J connectivity index is 1.64. The molecule has 0 saturated heterocycles. The number of alkyl halides is 3. The molecule has 3 aromatic rings. The van der Waals surface area contributed by atoms with Gasteiger partial charge in [0.2, 0.25) is 0 Å². The molecule has 230 valence electrons. The SMILES string of the molecule is O=C(NCC[C@H]1CN(S(=O)(=O)c2cccc(C(F)(F)F)c2)c2cc(-c3cc(F)ccc3F)ccc2O1)NCC(O)C(=O)O. The number of carbonyl (C=O) groups is 2. The average Bonchev–Trinajstić information content (AvgIpc) is 2.96. The van der Waals surface area contributed by atoms with Crippen LogP contribution in [0.1, 0.15) is 12.0 Å². The number of urea groups is 1. The summed E-state index contributed by atoms with van der Waals surface area (Å²) in [5.41, 5.74) is -1.45. The molecule has 0 spiro atoms. The molecule has 2 atom stereocenters. The van der Waals surface area contributed by atoms with Crippen LogP contribution in [0, 0.1) is 11.6 Å². The number of rotatable bonds is 9. The highest BCUT2D eigenvalue weighted by Crippen LogP contribution is 2.41. The number of hydrogen-bond donors (Lipinski definition) is 4. The highest BCUT2D eigenvalue weighted by atomic mass is 32.2. The number of sulfonamides is 1. The molecule has 0 radical (unpaired) electrons. The van der Waals surface area contributed by atoms with Gasteiger partial charge in [0.25, 0.3) is 10.0 Å². The van der Waals surface area contributed by atoms with Crippen LogP contribution in [0.5, 0.6) is 5.75 Å². The number of anilines is 1. The summed E-state index contributed by atoms with van der Waals surface area (Å²) in [7, 11) is -4.67. The zero-order chi connectivity index (χ0) is 31.5. The van der Waals surface area contributed by atoms with E-state index in [1.165, 1.54) is 18.2 Å². The van der Waals surface area contributed by atoms with Crippen molar-refractivity contribution in [3.05, 3.63) is 77.9 Å². The molecule has 43 heavy (non-hydrogen) atoms. The second kappa shape index (κ2) is 12.4. The van der Waals surface area contributed by atoms with Gasteiger partial charge < -0.3 is 25.6 Å². The maximum atomic E-state index is 14.5. The monoisotopic (exact) mass is 629 g/mol. The van der Waals surface area contributed by atoms with Crippen LogP contribution in [0.3, 0.4) is 0 Å². The lowest BCUT2D eigenvalue weighted by molar-refractivity contribution is -0.146. The second-order valence-corrected chi connectivity index (χ2v) is 11.3. The van der Waals surface area contributed by atoms with Crippen molar-refractivity contribution in [1.29, 1.82) is 0 Å². The standard InChI is InChI=1S/C27H24F5N3O7S/c28-17-5-6-21(29)20(12-17)15-4-7-24-22(10-15)35(43(40,41)19-3-1-2-16(11-19)27(30,31)32)14-18(42-24)8-9-33-26(39)34-13-23(36)25(37)38/h1-7,10-12,18,23,36H,8-9,13-14H2,(H,37,38)(H2,33,34,39)/t18-,23?/m0/s1. The van der Waals surface area contributed by atoms with Crippen LogP contribution in [0.25, 0.3) is 11.1 Å². The summed E-state index contributed by atoms with van der Waals surface area (Å²) < 4.78 is 103. The van der Waals surface area contributed by atoms with E-state index in [4.69, 9.17) is 9.84 Å². The highest BCUT2D eigenvalue weighted by molar-refractivity contribution is 7.92. The second-order valence-electron chi connectivity index (χ2n) is 9.39. The lowest BCUT2D eigenvalue weighted by atomic mass is 10.0. The summed E-state index contributed by atoms with van der Waals surface area (Å²) >= 11 is 0. The molecule has 0 aliphatic carbocycles. The molecule has 0 saturated carbocycles. The van der Waals surface area contributed by atoms with Crippen molar-refractivity contribution < 1.29 is 54.9 Å². The summed E-state index contributed by atoms with van der Waals surface area (Å²) in [6.45, 7) is -1.12. The number of aliphatic hydroxyl groups excluding tert-OH is 1. The minimum atomic E-state index is -4.83. The third-order valence-electron chi connectivity index (χ3n) is 6.37. The Hall–Kier alpha value is -4.44. The third kappa shape index (κ3) is 7.32. The van der Waals surface area contributed by atoms with Crippen molar-refractivity contribution in [3.63, 3.8) is 0 Å².